The van der Waals surface area contributed by atoms with Crippen LogP contribution < -0.4 is 9.64 Å². The van der Waals surface area contributed by atoms with Gasteiger partial charge in [-0.15, -0.1) is 0 Å². The Hall–Kier alpha value is -2.02. The highest BCUT2D eigenvalue weighted by Gasteiger charge is 2.37. The lowest BCUT2D eigenvalue weighted by molar-refractivity contribution is -0.139. The van der Waals surface area contributed by atoms with Gasteiger partial charge in [0.25, 0.3) is 0 Å². The Bertz CT molecular complexity index is 764. The predicted octanol–water partition coefficient (Wildman–Crippen LogP) is 5.63. The summed E-state index contributed by atoms with van der Waals surface area (Å²) in [5.74, 6) is -0.259. The standard InChI is InChI=1S/C18H19ClF3N3O/c1-2-25(13-7-5-6-12(19)10-13)17-23-11-15(18(20,21)22)16(24-17)26-14-8-3-4-9-14/h5-7,10-11,14H,2-4,8-9H2,1H3. The largest absolute Gasteiger partial charge is 0.474 e. The lowest BCUT2D eigenvalue weighted by Crippen LogP contribution is -2.22. The van der Waals surface area contributed by atoms with E-state index in [1.54, 1.807) is 29.2 Å². The van der Waals surface area contributed by atoms with Gasteiger partial charge in [0, 0.05) is 23.5 Å². The predicted molar refractivity (Wildman–Crippen MR) is 94.1 cm³/mol. The molecule has 4 nitrogen and oxygen atoms in total. The first kappa shape index (κ1) is 18.8. The van der Waals surface area contributed by atoms with Crippen LogP contribution in [0.1, 0.15) is 38.2 Å². The Kier molecular flexibility index (Phi) is 5.55. The number of rotatable bonds is 5. The molecule has 1 aliphatic rings. The fraction of sp³-hybridized carbons (Fsp3) is 0.444. The maximum absolute atomic E-state index is 13.3. The van der Waals surface area contributed by atoms with Crippen LogP contribution in [0.15, 0.2) is 30.5 Å². The molecule has 8 heteroatoms. The van der Waals surface area contributed by atoms with Crippen molar-refractivity contribution in [1.82, 2.24) is 9.97 Å². The van der Waals surface area contributed by atoms with Crippen LogP contribution in [0, 0.1) is 0 Å². The van der Waals surface area contributed by atoms with Crippen LogP contribution in [-0.2, 0) is 6.18 Å². The Morgan fingerprint density at radius 2 is 2.00 bits per heavy atom. The molecule has 0 saturated heterocycles. The smallest absolute Gasteiger partial charge is 0.423 e. The molecule has 140 valence electrons. The minimum absolute atomic E-state index is 0.149. The number of hydrogen-bond acceptors (Lipinski definition) is 4. The maximum Gasteiger partial charge on any atom is 0.423 e. The molecule has 1 aliphatic carbocycles. The second kappa shape index (κ2) is 7.70. The van der Waals surface area contributed by atoms with Gasteiger partial charge in [-0.05, 0) is 50.8 Å². The van der Waals surface area contributed by atoms with Gasteiger partial charge in [-0.3, -0.25) is 0 Å². The molecule has 1 fully saturated rings. The second-order valence-corrected chi connectivity index (χ2v) is 6.57. The van der Waals surface area contributed by atoms with Crippen LogP contribution in [0.5, 0.6) is 5.88 Å². The fourth-order valence-corrected chi connectivity index (χ4v) is 3.20. The Morgan fingerprint density at radius 1 is 1.27 bits per heavy atom. The number of nitrogens with zero attached hydrogens (tertiary/aromatic N) is 3. The van der Waals surface area contributed by atoms with E-state index < -0.39 is 17.6 Å². The van der Waals surface area contributed by atoms with Gasteiger partial charge < -0.3 is 9.64 Å². The lowest BCUT2D eigenvalue weighted by Gasteiger charge is -2.23. The van der Waals surface area contributed by atoms with Crippen molar-refractivity contribution in [3.8, 4) is 5.88 Å². The van der Waals surface area contributed by atoms with E-state index in [4.69, 9.17) is 16.3 Å². The van der Waals surface area contributed by atoms with Crippen molar-refractivity contribution < 1.29 is 17.9 Å². The highest BCUT2D eigenvalue weighted by molar-refractivity contribution is 6.30. The summed E-state index contributed by atoms with van der Waals surface area (Å²) in [7, 11) is 0. The molecule has 0 unspecified atom stereocenters. The van der Waals surface area contributed by atoms with Crippen molar-refractivity contribution in [2.75, 3.05) is 11.4 Å². The van der Waals surface area contributed by atoms with E-state index in [0.29, 0.717) is 17.3 Å². The normalized spacial score (nSPS) is 15.3. The highest BCUT2D eigenvalue weighted by Crippen LogP contribution is 2.38. The molecule has 2 aromatic rings. The summed E-state index contributed by atoms with van der Waals surface area (Å²) in [6.07, 6.45) is -0.633. The SMILES string of the molecule is CCN(c1cccc(Cl)c1)c1ncc(C(F)(F)F)c(OC2CCCC2)n1. The van der Waals surface area contributed by atoms with E-state index in [-0.39, 0.29) is 12.1 Å². The number of aromatic nitrogens is 2. The summed E-state index contributed by atoms with van der Waals surface area (Å²) >= 11 is 6.02. The number of anilines is 2. The minimum atomic E-state index is -4.57. The Labute approximate surface area is 155 Å². The molecule has 0 spiro atoms. The van der Waals surface area contributed by atoms with E-state index in [2.05, 4.69) is 9.97 Å². The van der Waals surface area contributed by atoms with Gasteiger partial charge in [-0.2, -0.15) is 18.2 Å². The van der Waals surface area contributed by atoms with E-state index >= 15 is 0 Å². The van der Waals surface area contributed by atoms with Crippen LogP contribution in [0.4, 0.5) is 24.8 Å². The van der Waals surface area contributed by atoms with Gasteiger partial charge in [0.05, 0.1) is 0 Å². The van der Waals surface area contributed by atoms with Crippen LogP contribution in [0.25, 0.3) is 0 Å². The van der Waals surface area contributed by atoms with Crippen molar-refractivity contribution in [2.45, 2.75) is 44.9 Å². The van der Waals surface area contributed by atoms with Crippen molar-refractivity contribution in [1.29, 1.82) is 0 Å². The average molecular weight is 386 g/mol. The first-order valence-electron chi connectivity index (χ1n) is 8.52. The maximum atomic E-state index is 13.3. The molecule has 0 bridgehead atoms. The van der Waals surface area contributed by atoms with Crippen molar-refractivity contribution in [3.63, 3.8) is 0 Å². The quantitative estimate of drug-likeness (QED) is 0.668. The van der Waals surface area contributed by atoms with Gasteiger partial charge >= 0.3 is 6.18 Å². The highest BCUT2D eigenvalue weighted by atomic mass is 35.5. The monoisotopic (exact) mass is 385 g/mol. The summed E-state index contributed by atoms with van der Waals surface area (Å²) in [4.78, 5) is 9.73. The molecule has 0 aliphatic heterocycles. The van der Waals surface area contributed by atoms with Gasteiger partial charge in [0.2, 0.25) is 11.8 Å². The molecule has 0 radical (unpaired) electrons. The minimum Gasteiger partial charge on any atom is -0.474 e. The molecule has 0 N–H and O–H groups in total. The van der Waals surface area contributed by atoms with Crippen LogP contribution >= 0.6 is 11.6 Å². The van der Waals surface area contributed by atoms with Gasteiger partial charge in [0.1, 0.15) is 11.7 Å². The third kappa shape index (κ3) is 4.20. The Morgan fingerprint density at radius 3 is 2.62 bits per heavy atom. The molecule has 0 amide bonds. The zero-order valence-electron chi connectivity index (χ0n) is 14.3. The van der Waals surface area contributed by atoms with Crippen molar-refractivity contribution >= 4 is 23.2 Å². The third-order valence-electron chi connectivity index (χ3n) is 4.30. The molecular weight excluding hydrogens is 367 g/mol. The van der Waals surface area contributed by atoms with Crippen molar-refractivity contribution in [3.05, 3.63) is 41.0 Å². The second-order valence-electron chi connectivity index (χ2n) is 6.14. The van der Waals surface area contributed by atoms with E-state index in [9.17, 15) is 13.2 Å². The molecule has 1 aromatic heterocycles. The molecule has 1 saturated carbocycles. The summed E-state index contributed by atoms with van der Waals surface area (Å²) < 4.78 is 45.6. The lowest BCUT2D eigenvalue weighted by atomic mass is 10.2. The number of benzene rings is 1. The zero-order chi connectivity index (χ0) is 18.7. The third-order valence-corrected chi connectivity index (χ3v) is 4.54. The van der Waals surface area contributed by atoms with Crippen molar-refractivity contribution in [2.24, 2.45) is 0 Å². The topological polar surface area (TPSA) is 38.2 Å². The molecular formula is C18H19ClF3N3O. The molecule has 1 heterocycles. The fourth-order valence-electron chi connectivity index (χ4n) is 3.02. The van der Waals surface area contributed by atoms with Crippen LogP contribution in [0.3, 0.4) is 0 Å². The van der Waals surface area contributed by atoms with Crippen LogP contribution in [-0.4, -0.2) is 22.6 Å². The first-order chi connectivity index (χ1) is 12.4. The summed E-state index contributed by atoms with van der Waals surface area (Å²) in [5.41, 5.74) is -0.248. The number of hydrogen-bond donors (Lipinski definition) is 0. The van der Waals surface area contributed by atoms with E-state index in [1.807, 2.05) is 6.92 Å². The average Bonchev–Trinajstić information content (AvgIpc) is 3.08. The Balaban J connectivity index is 1.98. The van der Waals surface area contributed by atoms with Crippen LogP contribution in [0.2, 0.25) is 5.02 Å². The van der Waals surface area contributed by atoms with E-state index in [0.717, 1.165) is 31.9 Å². The summed E-state index contributed by atoms with van der Waals surface area (Å²) in [6, 6.07) is 7.00. The zero-order valence-corrected chi connectivity index (χ0v) is 15.0. The van der Waals surface area contributed by atoms with Gasteiger partial charge in [-0.1, -0.05) is 17.7 Å². The number of ether oxygens (including phenoxy) is 1. The van der Waals surface area contributed by atoms with Gasteiger partial charge in [-0.25, -0.2) is 4.98 Å². The molecule has 1 aromatic carbocycles. The molecule has 3 rings (SSSR count). The summed E-state index contributed by atoms with van der Waals surface area (Å²) in [5, 5.41) is 0.523. The van der Waals surface area contributed by atoms with Gasteiger partial charge in [0.15, 0.2) is 0 Å². The summed E-state index contributed by atoms with van der Waals surface area (Å²) in [6.45, 7) is 2.33. The molecule has 0 atom stereocenters. The molecule has 26 heavy (non-hydrogen) atoms. The van der Waals surface area contributed by atoms with E-state index in [1.165, 1.54) is 0 Å². The number of alkyl halides is 3. The first-order valence-corrected chi connectivity index (χ1v) is 8.90. The number of halogens is 4.